The first-order valence-corrected chi connectivity index (χ1v) is 8.36. The SMILES string of the molecule is O=C(NCC1Cn2nnc(-c3cccc(F)c3)c2CO1)C1CCOC1. The second-order valence-corrected chi connectivity index (χ2v) is 6.32. The molecule has 2 aromatic rings. The van der Waals surface area contributed by atoms with Gasteiger partial charge in [0.25, 0.3) is 0 Å². The third-order valence-electron chi connectivity index (χ3n) is 4.57. The predicted molar refractivity (Wildman–Crippen MR) is 85.9 cm³/mol. The number of nitrogens with zero attached hydrogens (tertiary/aromatic N) is 3. The van der Waals surface area contributed by atoms with Crippen molar-refractivity contribution in [1.82, 2.24) is 20.3 Å². The van der Waals surface area contributed by atoms with Gasteiger partial charge in [-0.25, -0.2) is 9.07 Å². The lowest BCUT2D eigenvalue weighted by molar-refractivity contribution is -0.126. The lowest BCUT2D eigenvalue weighted by Gasteiger charge is -2.24. The van der Waals surface area contributed by atoms with Gasteiger partial charge in [-0.15, -0.1) is 5.10 Å². The topological polar surface area (TPSA) is 78.3 Å². The Morgan fingerprint density at radius 3 is 3.16 bits per heavy atom. The van der Waals surface area contributed by atoms with E-state index in [0.717, 1.165) is 12.1 Å². The lowest BCUT2D eigenvalue weighted by Crippen LogP contribution is -2.41. The molecule has 7 nitrogen and oxygen atoms in total. The summed E-state index contributed by atoms with van der Waals surface area (Å²) in [5.74, 6) is -0.372. The summed E-state index contributed by atoms with van der Waals surface area (Å²) >= 11 is 0. The summed E-state index contributed by atoms with van der Waals surface area (Å²) < 4.78 is 26.2. The second-order valence-electron chi connectivity index (χ2n) is 6.32. The third kappa shape index (κ3) is 3.40. The summed E-state index contributed by atoms with van der Waals surface area (Å²) in [7, 11) is 0. The molecule has 1 saturated heterocycles. The van der Waals surface area contributed by atoms with Crippen molar-refractivity contribution in [2.24, 2.45) is 5.92 Å². The molecule has 0 aliphatic carbocycles. The fourth-order valence-corrected chi connectivity index (χ4v) is 3.15. The molecule has 2 atom stereocenters. The highest BCUT2D eigenvalue weighted by atomic mass is 19.1. The normalized spacial score (nSPS) is 22.6. The first-order valence-electron chi connectivity index (χ1n) is 8.36. The summed E-state index contributed by atoms with van der Waals surface area (Å²) in [5, 5.41) is 11.2. The van der Waals surface area contributed by atoms with Crippen LogP contribution in [0.3, 0.4) is 0 Å². The van der Waals surface area contributed by atoms with E-state index in [4.69, 9.17) is 9.47 Å². The van der Waals surface area contributed by atoms with Crippen LogP contribution in [-0.4, -0.2) is 46.8 Å². The van der Waals surface area contributed by atoms with E-state index in [0.29, 0.717) is 44.2 Å². The van der Waals surface area contributed by atoms with Gasteiger partial charge in [-0.2, -0.15) is 0 Å². The maximum atomic E-state index is 13.4. The average Bonchev–Trinajstić information content (AvgIpc) is 3.29. The molecule has 4 rings (SSSR count). The van der Waals surface area contributed by atoms with Crippen LogP contribution in [0.25, 0.3) is 11.3 Å². The largest absolute Gasteiger partial charge is 0.381 e. The maximum absolute atomic E-state index is 13.4. The smallest absolute Gasteiger partial charge is 0.225 e. The van der Waals surface area contributed by atoms with Crippen molar-refractivity contribution in [3.63, 3.8) is 0 Å². The minimum Gasteiger partial charge on any atom is -0.381 e. The van der Waals surface area contributed by atoms with Crippen LogP contribution in [0.2, 0.25) is 0 Å². The van der Waals surface area contributed by atoms with Gasteiger partial charge in [-0.1, -0.05) is 17.3 Å². The number of nitrogens with one attached hydrogen (secondary N) is 1. The second kappa shape index (κ2) is 6.89. The van der Waals surface area contributed by atoms with Crippen molar-refractivity contribution in [3.05, 3.63) is 35.8 Å². The van der Waals surface area contributed by atoms with Crippen molar-refractivity contribution in [2.45, 2.75) is 25.7 Å². The number of carbonyl (C=O) groups is 1. The number of carbonyl (C=O) groups excluding carboxylic acids is 1. The minimum atomic E-state index is -0.313. The quantitative estimate of drug-likeness (QED) is 0.898. The molecule has 2 aliphatic heterocycles. The van der Waals surface area contributed by atoms with Crippen LogP contribution in [0.5, 0.6) is 0 Å². The number of hydrogen-bond donors (Lipinski definition) is 1. The number of hydrogen-bond acceptors (Lipinski definition) is 5. The first-order chi connectivity index (χ1) is 12.2. The fourth-order valence-electron chi connectivity index (χ4n) is 3.15. The van der Waals surface area contributed by atoms with E-state index < -0.39 is 0 Å². The zero-order valence-corrected chi connectivity index (χ0v) is 13.7. The Kier molecular flexibility index (Phi) is 4.46. The Balaban J connectivity index is 1.40. The monoisotopic (exact) mass is 346 g/mol. The van der Waals surface area contributed by atoms with Crippen LogP contribution in [0.15, 0.2) is 24.3 Å². The summed E-state index contributed by atoms with van der Waals surface area (Å²) in [6.45, 7) is 2.37. The molecule has 8 heteroatoms. The highest BCUT2D eigenvalue weighted by Crippen LogP contribution is 2.25. The molecule has 25 heavy (non-hydrogen) atoms. The zero-order valence-electron chi connectivity index (χ0n) is 13.7. The highest BCUT2D eigenvalue weighted by Gasteiger charge is 2.27. The summed E-state index contributed by atoms with van der Waals surface area (Å²) in [4.78, 5) is 12.0. The molecule has 2 aliphatic rings. The molecule has 132 valence electrons. The van der Waals surface area contributed by atoms with Gasteiger partial charge in [0.15, 0.2) is 0 Å². The predicted octanol–water partition coefficient (Wildman–Crippen LogP) is 1.14. The molecule has 3 heterocycles. The molecule has 1 amide bonds. The lowest BCUT2D eigenvalue weighted by atomic mass is 10.1. The molecule has 1 N–H and O–H groups in total. The number of fused-ring (bicyclic) bond motifs is 1. The van der Waals surface area contributed by atoms with Crippen LogP contribution in [0.4, 0.5) is 4.39 Å². The molecule has 0 radical (unpaired) electrons. The number of rotatable bonds is 4. The van der Waals surface area contributed by atoms with Gasteiger partial charge < -0.3 is 14.8 Å². The van der Waals surface area contributed by atoms with Crippen LogP contribution >= 0.6 is 0 Å². The van der Waals surface area contributed by atoms with Gasteiger partial charge in [0.2, 0.25) is 5.91 Å². The molecule has 0 saturated carbocycles. The Labute approximate surface area is 144 Å². The summed E-state index contributed by atoms with van der Waals surface area (Å²) in [6, 6.07) is 6.26. The molecule has 2 unspecified atom stereocenters. The van der Waals surface area contributed by atoms with Gasteiger partial charge >= 0.3 is 0 Å². The van der Waals surface area contributed by atoms with Crippen LogP contribution in [-0.2, 0) is 27.4 Å². The Morgan fingerprint density at radius 1 is 1.44 bits per heavy atom. The number of ether oxygens (including phenoxy) is 2. The van der Waals surface area contributed by atoms with Crippen molar-refractivity contribution < 1.29 is 18.7 Å². The molecule has 1 fully saturated rings. The van der Waals surface area contributed by atoms with E-state index in [1.807, 2.05) is 0 Å². The van der Waals surface area contributed by atoms with E-state index in [9.17, 15) is 9.18 Å². The number of aromatic nitrogens is 3. The number of amides is 1. The molecular weight excluding hydrogens is 327 g/mol. The van der Waals surface area contributed by atoms with Gasteiger partial charge in [-0.3, -0.25) is 4.79 Å². The van der Waals surface area contributed by atoms with Gasteiger partial charge in [-0.05, 0) is 18.6 Å². The first kappa shape index (κ1) is 16.2. The zero-order chi connectivity index (χ0) is 17.2. The molecule has 1 aromatic heterocycles. The van der Waals surface area contributed by atoms with Crippen molar-refractivity contribution in [3.8, 4) is 11.3 Å². The summed E-state index contributed by atoms with van der Waals surface area (Å²) in [5.41, 5.74) is 2.13. The molecular formula is C17H19FN4O3. The van der Waals surface area contributed by atoms with Crippen LogP contribution < -0.4 is 5.32 Å². The van der Waals surface area contributed by atoms with E-state index in [2.05, 4.69) is 15.6 Å². The summed E-state index contributed by atoms with van der Waals surface area (Å²) in [6.07, 6.45) is 0.600. The van der Waals surface area contributed by atoms with Crippen LogP contribution in [0.1, 0.15) is 12.1 Å². The van der Waals surface area contributed by atoms with Gasteiger partial charge in [0.05, 0.1) is 37.5 Å². The number of benzene rings is 1. The average molecular weight is 346 g/mol. The van der Waals surface area contributed by atoms with E-state index in [1.165, 1.54) is 12.1 Å². The van der Waals surface area contributed by atoms with Crippen molar-refractivity contribution in [1.29, 1.82) is 0 Å². The minimum absolute atomic E-state index is 0.00550. The molecule has 1 aromatic carbocycles. The van der Waals surface area contributed by atoms with E-state index in [1.54, 1.807) is 16.8 Å². The Bertz CT molecular complexity index is 773. The third-order valence-corrected chi connectivity index (χ3v) is 4.57. The molecule has 0 spiro atoms. The standard InChI is InChI=1S/C17H19FN4O3/c18-13-3-1-2-11(6-13)16-15-10-25-14(8-22(15)21-20-16)7-19-17(23)12-4-5-24-9-12/h1-3,6,12,14H,4-5,7-10H2,(H,19,23). The molecule has 0 bridgehead atoms. The fraction of sp³-hybridized carbons (Fsp3) is 0.471. The highest BCUT2D eigenvalue weighted by molar-refractivity contribution is 5.79. The number of halogens is 1. The Hall–Kier alpha value is -2.32. The Morgan fingerprint density at radius 2 is 2.36 bits per heavy atom. The van der Waals surface area contributed by atoms with Crippen LogP contribution in [0, 0.1) is 11.7 Å². The maximum Gasteiger partial charge on any atom is 0.225 e. The van der Waals surface area contributed by atoms with Crippen molar-refractivity contribution >= 4 is 5.91 Å². The van der Waals surface area contributed by atoms with Crippen molar-refractivity contribution in [2.75, 3.05) is 19.8 Å². The van der Waals surface area contributed by atoms with E-state index in [-0.39, 0.29) is 23.7 Å². The van der Waals surface area contributed by atoms with Gasteiger partial charge in [0.1, 0.15) is 11.5 Å². The van der Waals surface area contributed by atoms with E-state index >= 15 is 0 Å². The van der Waals surface area contributed by atoms with Gasteiger partial charge in [0, 0.05) is 18.7 Å².